The summed E-state index contributed by atoms with van der Waals surface area (Å²) in [6.45, 7) is 3.71. The Hall–Kier alpha value is -0.580. The van der Waals surface area contributed by atoms with Crippen LogP contribution in [0.5, 0.6) is 0 Å². The molecule has 0 saturated heterocycles. The van der Waals surface area contributed by atoms with Gasteiger partial charge in [-0.1, -0.05) is 13.3 Å². The Balaban J connectivity index is 1.95. The van der Waals surface area contributed by atoms with Gasteiger partial charge < -0.3 is 0 Å². The van der Waals surface area contributed by atoms with E-state index in [9.17, 15) is 13.2 Å². The van der Waals surface area contributed by atoms with Gasteiger partial charge in [-0.25, -0.2) is 8.42 Å². The highest BCUT2D eigenvalue weighted by molar-refractivity contribution is 7.91. The van der Waals surface area contributed by atoms with Crippen LogP contribution in [0.15, 0.2) is 0 Å². The van der Waals surface area contributed by atoms with Crippen molar-refractivity contribution in [1.82, 2.24) is 4.72 Å². The van der Waals surface area contributed by atoms with Crippen LogP contribution in [0.2, 0.25) is 0 Å². The second-order valence-corrected chi connectivity index (χ2v) is 7.13. The second-order valence-electron chi connectivity index (χ2n) is 4.93. The normalized spacial score (nSPS) is 32.1. The van der Waals surface area contributed by atoms with Crippen molar-refractivity contribution in [1.29, 1.82) is 0 Å². The van der Waals surface area contributed by atoms with Gasteiger partial charge in [0.15, 0.2) is 0 Å². The average molecular weight is 231 g/mol. The summed E-state index contributed by atoms with van der Waals surface area (Å²) in [6.07, 6.45) is 3.12. The zero-order chi connectivity index (χ0) is 11.3. The van der Waals surface area contributed by atoms with Gasteiger partial charge in [-0.2, -0.15) is 0 Å². The third kappa shape index (κ3) is 1.89. The van der Waals surface area contributed by atoms with Crippen molar-refractivity contribution in [3.63, 3.8) is 0 Å². The summed E-state index contributed by atoms with van der Waals surface area (Å²) in [4.78, 5) is 11.6. The highest BCUT2D eigenvalue weighted by Crippen LogP contribution is 2.44. The molecular weight excluding hydrogens is 214 g/mol. The van der Waals surface area contributed by atoms with Gasteiger partial charge in [-0.05, 0) is 32.1 Å². The fraction of sp³-hybridized carbons (Fsp3) is 0.900. The molecule has 2 atom stereocenters. The molecule has 0 radical (unpaired) electrons. The van der Waals surface area contributed by atoms with Crippen LogP contribution in [0.25, 0.3) is 0 Å². The molecule has 2 saturated carbocycles. The Morgan fingerprint density at radius 1 is 1.47 bits per heavy atom. The lowest BCUT2D eigenvalue weighted by molar-refractivity contribution is -0.120. The lowest BCUT2D eigenvalue weighted by Gasteiger charge is -2.11. The van der Waals surface area contributed by atoms with Crippen molar-refractivity contribution >= 4 is 15.9 Å². The molecular formula is C10H17NO3S. The van der Waals surface area contributed by atoms with Gasteiger partial charge >= 0.3 is 0 Å². The second kappa shape index (κ2) is 3.20. The van der Waals surface area contributed by atoms with Crippen LogP contribution in [-0.4, -0.2) is 19.1 Å². The Bertz CT molecular complexity index is 383. The fourth-order valence-electron chi connectivity index (χ4n) is 1.80. The minimum atomic E-state index is -3.42. The van der Waals surface area contributed by atoms with Crippen LogP contribution >= 0.6 is 0 Å². The van der Waals surface area contributed by atoms with E-state index in [2.05, 4.69) is 4.72 Å². The first kappa shape index (κ1) is 10.9. The molecule has 0 aliphatic heterocycles. The first-order valence-electron chi connectivity index (χ1n) is 5.46. The molecule has 0 aromatic heterocycles. The summed E-state index contributed by atoms with van der Waals surface area (Å²) in [7, 11) is -3.42. The highest BCUT2D eigenvalue weighted by Gasteiger charge is 2.52. The van der Waals surface area contributed by atoms with Gasteiger partial charge in [-0.3, -0.25) is 9.52 Å². The Morgan fingerprint density at radius 3 is 2.47 bits per heavy atom. The molecule has 2 aliphatic rings. The lowest BCUT2D eigenvalue weighted by atomic mass is 10.2. The van der Waals surface area contributed by atoms with Crippen molar-refractivity contribution in [2.45, 2.75) is 44.3 Å². The van der Waals surface area contributed by atoms with Crippen LogP contribution in [0.1, 0.15) is 39.5 Å². The predicted octanol–water partition coefficient (Wildman–Crippen LogP) is 1.03. The SMILES string of the molecule is CC[C@@H]1C[C@@H]1C(=O)NS(=O)(=O)C1(C)CC1. The third-order valence-corrected chi connectivity index (χ3v) is 5.80. The summed E-state index contributed by atoms with van der Waals surface area (Å²) < 4.78 is 25.0. The summed E-state index contributed by atoms with van der Waals surface area (Å²) in [5, 5.41) is 0. The maximum absolute atomic E-state index is 11.7. The van der Waals surface area contributed by atoms with E-state index in [-0.39, 0.29) is 11.8 Å². The summed E-state index contributed by atoms with van der Waals surface area (Å²) in [6, 6.07) is 0. The van der Waals surface area contributed by atoms with Crippen LogP contribution in [-0.2, 0) is 14.8 Å². The molecule has 5 heteroatoms. The molecule has 2 fully saturated rings. The number of carbonyl (C=O) groups excluding carboxylic acids is 1. The summed E-state index contributed by atoms with van der Waals surface area (Å²) in [5.74, 6) is 0.0364. The molecule has 1 N–H and O–H groups in total. The molecule has 2 rings (SSSR count). The average Bonchev–Trinajstić information content (AvgIpc) is 2.97. The van der Waals surface area contributed by atoms with E-state index in [0.29, 0.717) is 18.8 Å². The monoisotopic (exact) mass is 231 g/mol. The van der Waals surface area contributed by atoms with Crippen molar-refractivity contribution in [3.8, 4) is 0 Å². The Labute approximate surface area is 90.5 Å². The molecule has 4 nitrogen and oxygen atoms in total. The largest absolute Gasteiger partial charge is 0.274 e. The fourth-order valence-corrected chi connectivity index (χ4v) is 3.10. The lowest BCUT2D eigenvalue weighted by Crippen LogP contribution is -2.39. The van der Waals surface area contributed by atoms with Gasteiger partial charge in [0.05, 0.1) is 4.75 Å². The van der Waals surface area contributed by atoms with E-state index in [1.54, 1.807) is 6.92 Å². The number of nitrogens with one attached hydrogen (secondary N) is 1. The first-order valence-corrected chi connectivity index (χ1v) is 6.94. The highest BCUT2D eigenvalue weighted by atomic mass is 32.2. The van der Waals surface area contributed by atoms with Gasteiger partial charge in [0.2, 0.25) is 15.9 Å². The quantitative estimate of drug-likeness (QED) is 0.786. The predicted molar refractivity (Wildman–Crippen MR) is 56.6 cm³/mol. The van der Waals surface area contributed by atoms with Gasteiger partial charge in [-0.15, -0.1) is 0 Å². The summed E-state index contributed by atoms with van der Waals surface area (Å²) >= 11 is 0. The standard InChI is InChI=1S/C10H17NO3S/c1-3-7-6-8(7)9(12)11-15(13,14)10(2)4-5-10/h7-8H,3-6H2,1-2H3,(H,11,12)/t7-,8+/m1/s1. The maximum Gasteiger partial charge on any atom is 0.240 e. The molecule has 0 aromatic rings. The molecule has 2 aliphatic carbocycles. The van der Waals surface area contributed by atoms with E-state index >= 15 is 0 Å². The van der Waals surface area contributed by atoms with Crippen LogP contribution in [0.3, 0.4) is 0 Å². The molecule has 0 aromatic carbocycles. The number of hydrogen-bond acceptors (Lipinski definition) is 3. The molecule has 1 amide bonds. The Kier molecular flexibility index (Phi) is 2.33. The first-order chi connectivity index (χ1) is 6.89. The van der Waals surface area contributed by atoms with Gasteiger partial charge in [0.25, 0.3) is 0 Å². The van der Waals surface area contributed by atoms with E-state index < -0.39 is 14.8 Å². The molecule has 0 spiro atoms. The molecule has 86 valence electrons. The number of carbonyl (C=O) groups is 1. The number of amides is 1. The van der Waals surface area contributed by atoms with Gasteiger partial charge in [0, 0.05) is 5.92 Å². The zero-order valence-corrected chi connectivity index (χ0v) is 9.93. The molecule has 0 heterocycles. The van der Waals surface area contributed by atoms with Crippen molar-refractivity contribution in [3.05, 3.63) is 0 Å². The van der Waals surface area contributed by atoms with Crippen LogP contribution < -0.4 is 4.72 Å². The zero-order valence-electron chi connectivity index (χ0n) is 9.12. The summed E-state index contributed by atoms with van der Waals surface area (Å²) in [5.41, 5.74) is 0. The van der Waals surface area contributed by atoms with Crippen molar-refractivity contribution < 1.29 is 13.2 Å². The van der Waals surface area contributed by atoms with E-state index in [4.69, 9.17) is 0 Å². The van der Waals surface area contributed by atoms with Gasteiger partial charge in [0.1, 0.15) is 0 Å². The smallest absolute Gasteiger partial charge is 0.240 e. The topological polar surface area (TPSA) is 63.2 Å². The third-order valence-electron chi connectivity index (χ3n) is 3.62. The van der Waals surface area contributed by atoms with E-state index in [1.807, 2.05) is 6.92 Å². The molecule has 0 bridgehead atoms. The minimum absolute atomic E-state index is 0.0628. The van der Waals surface area contributed by atoms with Crippen molar-refractivity contribution in [2.75, 3.05) is 0 Å². The minimum Gasteiger partial charge on any atom is -0.274 e. The maximum atomic E-state index is 11.7. The van der Waals surface area contributed by atoms with E-state index in [1.165, 1.54) is 0 Å². The number of hydrogen-bond donors (Lipinski definition) is 1. The van der Waals surface area contributed by atoms with Crippen molar-refractivity contribution in [2.24, 2.45) is 11.8 Å². The molecule has 0 unspecified atom stereocenters. The molecule has 15 heavy (non-hydrogen) atoms. The van der Waals surface area contributed by atoms with E-state index in [0.717, 1.165) is 12.8 Å². The Morgan fingerprint density at radius 2 is 2.07 bits per heavy atom. The number of rotatable bonds is 4. The van der Waals surface area contributed by atoms with Crippen LogP contribution in [0.4, 0.5) is 0 Å². The van der Waals surface area contributed by atoms with Crippen LogP contribution in [0, 0.1) is 11.8 Å². The number of sulfonamides is 1.